The molecule has 0 aliphatic carbocycles. The molecule has 0 spiro atoms. The summed E-state index contributed by atoms with van der Waals surface area (Å²) in [5.74, 6) is 6.23. The highest BCUT2D eigenvalue weighted by atomic mass is 15.3. The summed E-state index contributed by atoms with van der Waals surface area (Å²) < 4.78 is 0. The maximum absolute atomic E-state index is 5.41. The van der Waals surface area contributed by atoms with Crippen LogP contribution in [0.3, 0.4) is 0 Å². The van der Waals surface area contributed by atoms with Crippen LogP contribution in [-0.4, -0.2) is 15.2 Å². The molecule has 0 aromatic carbocycles. The third kappa shape index (κ3) is 3.12. The van der Waals surface area contributed by atoms with Gasteiger partial charge in [-0.3, -0.25) is 10.9 Å². The van der Waals surface area contributed by atoms with Gasteiger partial charge in [0.05, 0.1) is 6.04 Å². The van der Waals surface area contributed by atoms with Crippen molar-refractivity contribution >= 4 is 0 Å². The van der Waals surface area contributed by atoms with E-state index in [1.54, 1.807) is 0 Å². The Labute approximate surface area is 78.1 Å². The number of aromatic nitrogens is 3. The maximum atomic E-state index is 5.41. The molecular weight excluding hydrogens is 166 g/mol. The quantitative estimate of drug-likeness (QED) is 0.347. The molecule has 1 unspecified atom stereocenters. The van der Waals surface area contributed by atoms with Gasteiger partial charge in [-0.05, 0) is 6.42 Å². The molecule has 13 heavy (non-hydrogen) atoms. The minimum absolute atomic E-state index is 0.106. The first kappa shape index (κ1) is 10.1. The van der Waals surface area contributed by atoms with E-state index in [4.69, 9.17) is 5.84 Å². The number of rotatable bonds is 6. The second kappa shape index (κ2) is 5.66. The van der Waals surface area contributed by atoms with Crippen LogP contribution in [0.4, 0.5) is 0 Å². The molecule has 0 saturated carbocycles. The molecule has 0 aliphatic rings. The molecule has 1 aromatic heterocycles. The lowest BCUT2D eigenvalue weighted by atomic mass is 10.1. The Morgan fingerprint density at radius 3 is 3.00 bits per heavy atom. The van der Waals surface area contributed by atoms with Gasteiger partial charge in [0.25, 0.3) is 0 Å². The number of H-pyrrole nitrogens is 1. The molecule has 1 heterocycles. The van der Waals surface area contributed by atoms with Crippen molar-refractivity contribution < 1.29 is 0 Å². The minimum atomic E-state index is 0.106. The normalized spacial score (nSPS) is 13.1. The highest BCUT2D eigenvalue weighted by Gasteiger charge is 2.10. The van der Waals surface area contributed by atoms with Crippen LogP contribution in [0.5, 0.6) is 0 Å². The number of unbranched alkanes of at least 4 members (excludes halogenated alkanes) is 2. The monoisotopic (exact) mass is 183 g/mol. The van der Waals surface area contributed by atoms with Crippen LogP contribution in [0.15, 0.2) is 6.33 Å². The Bertz CT molecular complexity index is 208. The maximum Gasteiger partial charge on any atom is 0.142 e. The number of hydrogen-bond acceptors (Lipinski definition) is 4. The first-order valence-electron chi connectivity index (χ1n) is 4.69. The molecule has 1 aromatic rings. The van der Waals surface area contributed by atoms with E-state index in [9.17, 15) is 0 Å². The van der Waals surface area contributed by atoms with Gasteiger partial charge >= 0.3 is 0 Å². The summed E-state index contributed by atoms with van der Waals surface area (Å²) in [5.41, 5.74) is 2.73. The van der Waals surface area contributed by atoms with Crippen LogP contribution in [0.2, 0.25) is 0 Å². The molecule has 74 valence electrons. The van der Waals surface area contributed by atoms with Gasteiger partial charge in [-0.1, -0.05) is 26.2 Å². The smallest absolute Gasteiger partial charge is 0.142 e. The van der Waals surface area contributed by atoms with Gasteiger partial charge in [-0.15, -0.1) is 0 Å². The lowest BCUT2D eigenvalue weighted by Crippen LogP contribution is -2.28. The van der Waals surface area contributed by atoms with E-state index in [2.05, 4.69) is 27.5 Å². The van der Waals surface area contributed by atoms with Crippen molar-refractivity contribution in [1.29, 1.82) is 0 Å². The highest BCUT2D eigenvalue weighted by Crippen LogP contribution is 2.14. The third-order valence-electron chi connectivity index (χ3n) is 2.06. The van der Waals surface area contributed by atoms with Crippen molar-refractivity contribution in [2.75, 3.05) is 0 Å². The second-order valence-corrected chi connectivity index (χ2v) is 3.09. The Hall–Kier alpha value is -0.940. The van der Waals surface area contributed by atoms with Crippen molar-refractivity contribution in [2.24, 2.45) is 5.84 Å². The molecule has 0 fully saturated rings. The largest absolute Gasteiger partial charge is 0.271 e. The summed E-state index contributed by atoms with van der Waals surface area (Å²) >= 11 is 0. The number of hydrogen-bond donors (Lipinski definition) is 3. The number of nitrogens with two attached hydrogens (primary N) is 1. The van der Waals surface area contributed by atoms with Crippen LogP contribution >= 0.6 is 0 Å². The fourth-order valence-corrected chi connectivity index (χ4v) is 1.28. The van der Waals surface area contributed by atoms with Crippen LogP contribution in [0.1, 0.15) is 44.5 Å². The van der Waals surface area contributed by atoms with Crippen LogP contribution in [0.25, 0.3) is 0 Å². The standard InChI is InChI=1S/C8H17N5/c1-2-3-4-5-7(12-9)8-10-6-11-13-8/h6-7,12H,2-5,9H2,1H3,(H,10,11,13). The van der Waals surface area contributed by atoms with E-state index in [-0.39, 0.29) is 6.04 Å². The molecule has 5 nitrogen and oxygen atoms in total. The van der Waals surface area contributed by atoms with Gasteiger partial charge in [0.1, 0.15) is 12.2 Å². The average molecular weight is 183 g/mol. The lowest BCUT2D eigenvalue weighted by Gasteiger charge is -2.11. The lowest BCUT2D eigenvalue weighted by molar-refractivity contribution is 0.467. The summed E-state index contributed by atoms with van der Waals surface area (Å²) in [5, 5.41) is 6.60. The summed E-state index contributed by atoms with van der Waals surface area (Å²) in [6.07, 6.45) is 6.10. The van der Waals surface area contributed by atoms with Crippen molar-refractivity contribution in [2.45, 2.75) is 38.6 Å². The molecule has 4 N–H and O–H groups in total. The van der Waals surface area contributed by atoms with E-state index < -0.39 is 0 Å². The van der Waals surface area contributed by atoms with E-state index in [1.807, 2.05) is 0 Å². The zero-order valence-corrected chi connectivity index (χ0v) is 7.95. The Morgan fingerprint density at radius 1 is 1.62 bits per heavy atom. The van der Waals surface area contributed by atoms with E-state index >= 15 is 0 Å². The van der Waals surface area contributed by atoms with Crippen LogP contribution in [0, 0.1) is 0 Å². The van der Waals surface area contributed by atoms with Gasteiger partial charge in [0, 0.05) is 0 Å². The first-order valence-corrected chi connectivity index (χ1v) is 4.69. The van der Waals surface area contributed by atoms with Crippen LogP contribution < -0.4 is 11.3 Å². The summed E-state index contributed by atoms with van der Waals surface area (Å²) in [4.78, 5) is 4.06. The predicted molar refractivity (Wildman–Crippen MR) is 50.6 cm³/mol. The number of nitrogens with one attached hydrogen (secondary N) is 2. The number of hydrazine groups is 1. The second-order valence-electron chi connectivity index (χ2n) is 3.09. The van der Waals surface area contributed by atoms with Crippen molar-refractivity contribution in [3.63, 3.8) is 0 Å². The van der Waals surface area contributed by atoms with E-state index in [0.29, 0.717) is 0 Å². The van der Waals surface area contributed by atoms with Gasteiger partial charge in [-0.2, -0.15) is 5.10 Å². The van der Waals surface area contributed by atoms with Crippen molar-refractivity contribution in [1.82, 2.24) is 20.6 Å². The molecule has 5 heteroatoms. The molecule has 0 bridgehead atoms. The SMILES string of the molecule is CCCCCC(NN)c1ncn[nH]1. The third-order valence-corrected chi connectivity index (χ3v) is 2.06. The number of nitrogens with zero attached hydrogens (tertiary/aromatic N) is 2. The molecule has 1 rings (SSSR count). The van der Waals surface area contributed by atoms with E-state index in [1.165, 1.54) is 19.2 Å². The first-order chi connectivity index (χ1) is 6.38. The average Bonchev–Trinajstić information content (AvgIpc) is 2.65. The zero-order chi connectivity index (χ0) is 9.52. The molecule has 0 saturated heterocycles. The fraction of sp³-hybridized carbons (Fsp3) is 0.750. The van der Waals surface area contributed by atoms with Crippen LogP contribution in [-0.2, 0) is 0 Å². The molecule has 0 aliphatic heterocycles. The molecule has 0 amide bonds. The Kier molecular flexibility index (Phi) is 4.42. The van der Waals surface area contributed by atoms with Crippen molar-refractivity contribution in [3.05, 3.63) is 12.2 Å². The summed E-state index contributed by atoms with van der Waals surface area (Å²) in [6.45, 7) is 2.18. The molecule has 1 atom stereocenters. The minimum Gasteiger partial charge on any atom is -0.271 e. The van der Waals surface area contributed by atoms with Gasteiger partial charge < -0.3 is 0 Å². The van der Waals surface area contributed by atoms with Gasteiger partial charge in [0.2, 0.25) is 0 Å². The van der Waals surface area contributed by atoms with Crippen molar-refractivity contribution in [3.8, 4) is 0 Å². The summed E-state index contributed by atoms with van der Waals surface area (Å²) in [6, 6.07) is 0.106. The Balaban J connectivity index is 2.35. The fourth-order valence-electron chi connectivity index (χ4n) is 1.28. The summed E-state index contributed by atoms with van der Waals surface area (Å²) in [7, 11) is 0. The molecule has 0 radical (unpaired) electrons. The Morgan fingerprint density at radius 2 is 2.46 bits per heavy atom. The number of aromatic amines is 1. The van der Waals surface area contributed by atoms with Gasteiger partial charge in [-0.25, -0.2) is 10.4 Å². The van der Waals surface area contributed by atoms with Gasteiger partial charge in [0.15, 0.2) is 0 Å². The zero-order valence-electron chi connectivity index (χ0n) is 7.95. The topological polar surface area (TPSA) is 79.6 Å². The molecular formula is C8H17N5. The predicted octanol–water partition coefficient (Wildman–Crippen LogP) is 0.889. The van der Waals surface area contributed by atoms with E-state index in [0.717, 1.165) is 18.7 Å². The highest BCUT2D eigenvalue weighted by molar-refractivity contribution is 4.89.